The quantitative estimate of drug-likeness (QED) is 0.704. The Labute approximate surface area is 142 Å². The van der Waals surface area contributed by atoms with E-state index in [1.165, 1.54) is 43.5 Å². The standard InChI is InChI=1S/C20H33NO2/c1-17-8-9-18(20(2,3)4)19(16-17)23-15-14-22-13-12-21-10-6-5-7-11-21/h8-9,16H,5-7,10-15H2,1-4H3. The summed E-state index contributed by atoms with van der Waals surface area (Å²) in [6.07, 6.45) is 4.07. The fourth-order valence-electron chi connectivity index (χ4n) is 3.06. The summed E-state index contributed by atoms with van der Waals surface area (Å²) < 4.78 is 11.7. The summed E-state index contributed by atoms with van der Waals surface area (Å²) in [5, 5.41) is 0. The molecule has 1 aliphatic rings. The van der Waals surface area contributed by atoms with E-state index in [4.69, 9.17) is 9.47 Å². The van der Waals surface area contributed by atoms with Crippen molar-refractivity contribution < 1.29 is 9.47 Å². The van der Waals surface area contributed by atoms with Crippen LogP contribution in [0.1, 0.15) is 51.2 Å². The van der Waals surface area contributed by atoms with E-state index in [1.54, 1.807) is 0 Å². The van der Waals surface area contributed by atoms with Gasteiger partial charge in [0.25, 0.3) is 0 Å². The highest BCUT2D eigenvalue weighted by molar-refractivity contribution is 5.41. The average molecular weight is 319 g/mol. The highest BCUT2D eigenvalue weighted by Gasteiger charge is 2.18. The molecule has 130 valence electrons. The zero-order valence-corrected chi connectivity index (χ0v) is 15.4. The molecule has 0 aromatic heterocycles. The van der Waals surface area contributed by atoms with Gasteiger partial charge >= 0.3 is 0 Å². The van der Waals surface area contributed by atoms with Gasteiger partial charge in [-0.25, -0.2) is 0 Å². The Kier molecular flexibility index (Phi) is 6.91. The van der Waals surface area contributed by atoms with Crippen molar-refractivity contribution in [1.82, 2.24) is 4.90 Å². The monoisotopic (exact) mass is 319 g/mol. The fraction of sp³-hybridized carbons (Fsp3) is 0.700. The Morgan fingerprint density at radius 2 is 1.74 bits per heavy atom. The first-order valence-corrected chi connectivity index (χ1v) is 9.01. The number of ether oxygens (including phenoxy) is 2. The molecule has 0 aliphatic carbocycles. The van der Waals surface area contributed by atoms with Crippen molar-refractivity contribution in [2.75, 3.05) is 39.5 Å². The SMILES string of the molecule is Cc1ccc(C(C)(C)C)c(OCCOCCN2CCCCC2)c1. The van der Waals surface area contributed by atoms with Gasteiger partial charge in [-0.05, 0) is 55.5 Å². The second-order valence-corrected chi connectivity index (χ2v) is 7.61. The molecule has 23 heavy (non-hydrogen) atoms. The molecule has 0 spiro atoms. The highest BCUT2D eigenvalue weighted by Crippen LogP contribution is 2.31. The Balaban J connectivity index is 1.70. The van der Waals surface area contributed by atoms with Crippen LogP contribution in [0.15, 0.2) is 18.2 Å². The van der Waals surface area contributed by atoms with Gasteiger partial charge in [0.2, 0.25) is 0 Å². The second kappa shape index (κ2) is 8.70. The van der Waals surface area contributed by atoms with E-state index in [0.29, 0.717) is 13.2 Å². The van der Waals surface area contributed by atoms with Gasteiger partial charge in [-0.1, -0.05) is 39.3 Å². The first kappa shape index (κ1) is 18.3. The number of hydrogen-bond donors (Lipinski definition) is 0. The van der Waals surface area contributed by atoms with Gasteiger partial charge in [0.05, 0.1) is 13.2 Å². The molecule has 0 atom stereocenters. The van der Waals surface area contributed by atoms with Crippen LogP contribution in [-0.2, 0) is 10.2 Å². The van der Waals surface area contributed by atoms with Gasteiger partial charge in [-0.2, -0.15) is 0 Å². The maximum Gasteiger partial charge on any atom is 0.123 e. The van der Waals surface area contributed by atoms with Crippen LogP contribution in [0.5, 0.6) is 5.75 Å². The Bertz CT molecular complexity index is 473. The van der Waals surface area contributed by atoms with Crippen molar-refractivity contribution in [2.45, 2.75) is 52.4 Å². The van der Waals surface area contributed by atoms with E-state index >= 15 is 0 Å². The summed E-state index contributed by atoms with van der Waals surface area (Å²) >= 11 is 0. The molecule has 1 aliphatic heterocycles. The second-order valence-electron chi connectivity index (χ2n) is 7.61. The lowest BCUT2D eigenvalue weighted by atomic mass is 9.86. The van der Waals surface area contributed by atoms with Gasteiger partial charge in [-0.3, -0.25) is 0 Å². The first-order chi connectivity index (χ1) is 11.0. The zero-order chi connectivity index (χ0) is 16.7. The molecule has 0 radical (unpaired) electrons. The zero-order valence-electron chi connectivity index (χ0n) is 15.4. The molecule has 0 amide bonds. The lowest BCUT2D eigenvalue weighted by molar-refractivity contribution is 0.0746. The number of likely N-dealkylation sites (tertiary alicyclic amines) is 1. The average Bonchev–Trinajstić information content (AvgIpc) is 2.50. The third-order valence-electron chi connectivity index (χ3n) is 4.43. The third kappa shape index (κ3) is 6.15. The number of hydrogen-bond acceptors (Lipinski definition) is 3. The van der Waals surface area contributed by atoms with Crippen LogP contribution in [0, 0.1) is 6.92 Å². The van der Waals surface area contributed by atoms with E-state index in [1.807, 2.05) is 0 Å². The van der Waals surface area contributed by atoms with Crippen LogP contribution in [0.3, 0.4) is 0 Å². The van der Waals surface area contributed by atoms with Crippen LogP contribution in [0.25, 0.3) is 0 Å². The van der Waals surface area contributed by atoms with Gasteiger partial charge in [-0.15, -0.1) is 0 Å². The van der Waals surface area contributed by atoms with E-state index in [2.05, 4.69) is 50.8 Å². The Morgan fingerprint density at radius 3 is 2.43 bits per heavy atom. The molecule has 1 aromatic rings. The van der Waals surface area contributed by atoms with Gasteiger partial charge in [0.1, 0.15) is 12.4 Å². The molecule has 3 nitrogen and oxygen atoms in total. The summed E-state index contributed by atoms with van der Waals surface area (Å²) in [5.41, 5.74) is 2.59. The Hall–Kier alpha value is -1.06. The predicted octanol–water partition coefficient (Wildman–Crippen LogP) is 4.17. The van der Waals surface area contributed by atoms with E-state index < -0.39 is 0 Å². The predicted molar refractivity (Wildman–Crippen MR) is 96.5 cm³/mol. The van der Waals surface area contributed by atoms with Crippen molar-refractivity contribution in [1.29, 1.82) is 0 Å². The van der Waals surface area contributed by atoms with Crippen molar-refractivity contribution in [3.05, 3.63) is 29.3 Å². The van der Waals surface area contributed by atoms with Crippen molar-refractivity contribution in [3.63, 3.8) is 0 Å². The molecule has 0 saturated carbocycles. The molecule has 1 saturated heterocycles. The van der Waals surface area contributed by atoms with Gasteiger partial charge in [0, 0.05) is 6.54 Å². The minimum atomic E-state index is 0.0954. The number of aryl methyl sites for hydroxylation is 1. The largest absolute Gasteiger partial charge is 0.491 e. The van der Waals surface area contributed by atoms with Gasteiger partial charge < -0.3 is 14.4 Å². The highest BCUT2D eigenvalue weighted by atomic mass is 16.5. The fourth-order valence-corrected chi connectivity index (χ4v) is 3.06. The third-order valence-corrected chi connectivity index (χ3v) is 4.43. The van der Waals surface area contributed by atoms with Crippen LogP contribution in [0.4, 0.5) is 0 Å². The number of rotatable bonds is 7. The molecule has 1 aromatic carbocycles. The van der Waals surface area contributed by atoms with E-state index in [-0.39, 0.29) is 5.41 Å². The normalized spacial score (nSPS) is 16.5. The van der Waals surface area contributed by atoms with Gasteiger partial charge in [0.15, 0.2) is 0 Å². The Morgan fingerprint density at radius 1 is 1.00 bits per heavy atom. The molecule has 0 bridgehead atoms. The van der Waals surface area contributed by atoms with Crippen LogP contribution >= 0.6 is 0 Å². The van der Waals surface area contributed by atoms with Crippen LogP contribution in [-0.4, -0.2) is 44.4 Å². The molecule has 1 fully saturated rings. The smallest absolute Gasteiger partial charge is 0.123 e. The van der Waals surface area contributed by atoms with Crippen molar-refractivity contribution >= 4 is 0 Å². The summed E-state index contributed by atoms with van der Waals surface area (Å²) in [4.78, 5) is 2.50. The molecule has 0 unspecified atom stereocenters. The lowest BCUT2D eigenvalue weighted by Gasteiger charge is -2.26. The molecule has 2 rings (SSSR count). The first-order valence-electron chi connectivity index (χ1n) is 9.01. The van der Waals surface area contributed by atoms with Crippen LogP contribution < -0.4 is 4.74 Å². The summed E-state index contributed by atoms with van der Waals surface area (Å²) in [7, 11) is 0. The van der Waals surface area contributed by atoms with Crippen molar-refractivity contribution in [2.24, 2.45) is 0 Å². The number of benzene rings is 1. The van der Waals surface area contributed by atoms with E-state index in [0.717, 1.165) is 18.9 Å². The van der Waals surface area contributed by atoms with E-state index in [9.17, 15) is 0 Å². The minimum Gasteiger partial charge on any atom is -0.491 e. The molecular weight excluding hydrogens is 286 g/mol. The number of nitrogens with zero attached hydrogens (tertiary/aromatic N) is 1. The summed E-state index contributed by atoms with van der Waals surface area (Å²) in [6, 6.07) is 6.47. The topological polar surface area (TPSA) is 21.7 Å². The molecule has 1 heterocycles. The molecule has 0 N–H and O–H groups in total. The summed E-state index contributed by atoms with van der Waals surface area (Å²) in [6.45, 7) is 14.4. The molecular formula is C20H33NO2. The number of piperidine rings is 1. The summed E-state index contributed by atoms with van der Waals surface area (Å²) in [5.74, 6) is 0.997. The minimum absolute atomic E-state index is 0.0954. The maximum absolute atomic E-state index is 6.00. The molecule has 3 heteroatoms. The van der Waals surface area contributed by atoms with Crippen molar-refractivity contribution in [3.8, 4) is 5.75 Å². The lowest BCUT2D eigenvalue weighted by Crippen LogP contribution is -2.32. The maximum atomic E-state index is 6.00. The van der Waals surface area contributed by atoms with Crippen LogP contribution in [0.2, 0.25) is 0 Å².